The van der Waals surface area contributed by atoms with Crippen LogP contribution in [0.25, 0.3) is 0 Å². The number of hydrogen-bond donors (Lipinski definition) is 2. The Labute approximate surface area is 254 Å². The number of anilines is 1. The Bertz CT molecular complexity index is 1460. The van der Waals surface area contributed by atoms with Gasteiger partial charge in [0.15, 0.2) is 0 Å². The van der Waals surface area contributed by atoms with Crippen molar-refractivity contribution in [1.82, 2.24) is 4.72 Å². The van der Waals surface area contributed by atoms with Crippen LogP contribution in [0.2, 0.25) is 5.02 Å². The van der Waals surface area contributed by atoms with Gasteiger partial charge in [-0.1, -0.05) is 29.8 Å². The molecule has 1 saturated carbocycles. The molecular formula is C33H41ClN2O5S. The average molecular weight is 613 g/mol. The highest BCUT2D eigenvalue weighted by Gasteiger charge is 2.44. The second-order valence-electron chi connectivity index (χ2n) is 12.4. The molecule has 1 fully saturated rings. The molecule has 2 heterocycles. The van der Waals surface area contributed by atoms with Crippen LogP contribution in [0.5, 0.6) is 5.75 Å². The molecule has 6 rings (SSSR count). The third-order valence-corrected chi connectivity index (χ3v) is 11.2. The van der Waals surface area contributed by atoms with Crippen molar-refractivity contribution in [3.8, 4) is 5.75 Å². The molecule has 226 valence electrons. The minimum atomic E-state index is -2.80. The predicted octanol–water partition coefficient (Wildman–Crippen LogP) is 4.93. The van der Waals surface area contributed by atoms with Crippen molar-refractivity contribution in [3.63, 3.8) is 0 Å². The zero-order chi connectivity index (χ0) is 29.3. The zero-order valence-electron chi connectivity index (χ0n) is 24.1. The van der Waals surface area contributed by atoms with E-state index in [2.05, 4.69) is 39.8 Å². The van der Waals surface area contributed by atoms with Gasteiger partial charge in [-0.25, -0.2) is 4.21 Å². The van der Waals surface area contributed by atoms with Gasteiger partial charge in [-0.2, -0.15) is 0 Å². The Hall–Kier alpha value is -2.52. The molecule has 2 N–H and O–H groups in total. The number of rotatable bonds is 3. The van der Waals surface area contributed by atoms with Crippen LogP contribution in [0.1, 0.15) is 60.0 Å². The molecule has 0 saturated heterocycles. The van der Waals surface area contributed by atoms with Gasteiger partial charge in [0, 0.05) is 44.6 Å². The Morgan fingerprint density at radius 2 is 2.10 bits per heavy atom. The van der Waals surface area contributed by atoms with Crippen LogP contribution < -0.4 is 14.4 Å². The van der Waals surface area contributed by atoms with Crippen LogP contribution in [0.15, 0.2) is 48.6 Å². The monoisotopic (exact) mass is 612 g/mol. The van der Waals surface area contributed by atoms with Crippen molar-refractivity contribution < 1.29 is 23.6 Å². The maximum Gasteiger partial charge on any atom is 0.262 e. The standard InChI is InChI=1S/C33H41ClN2O5S/c1-42(39)17-4-2-3-7-30(40-16-15-37)27-11-8-25(27)20-36-21-33(14-5-6-23-18-26(34)10-12-28(23)33)22-41-31-13-9-24(19-29(31)36)32(38)35-42/h3,7,9-10,12-13,18-19,25,27,30,37H,1-2,4-6,8,11,14-17,20-22H2,(H,35,38,39)/b7-3+/t25-,27+,30+,33-,42?/m0/s1. The summed E-state index contributed by atoms with van der Waals surface area (Å²) in [7, 11) is -2.80. The third kappa shape index (κ3) is 6.09. The Morgan fingerprint density at radius 1 is 1.21 bits per heavy atom. The number of halogens is 1. The van der Waals surface area contributed by atoms with Crippen LogP contribution in [0.3, 0.4) is 0 Å². The summed E-state index contributed by atoms with van der Waals surface area (Å²) in [5, 5.41) is 10.2. The number of hydrogen-bond acceptors (Lipinski definition) is 6. The maximum atomic E-state index is 13.3. The van der Waals surface area contributed by atoms with Gasteiger partial charge in [0.1, 0.15) is 5.75 Å². The van der Waals surface area contributed by atoms with Gasteiger partial charge in [0.05, 0.1) is 31.6 Å². The van der Waals surface area contributed by atoms with E-state index in [-0.39, 0.29) is 24.0 Å². The molecule has 2 bridgehead atoms. The number of amides is 1. The first-order valence-electron chi connectivity index (χ1n) is 15.1. The van der Waals surface area contributed by atoms with Gasteiger partial charge in [0.25, 0.3) is 5.91 Å². The minimum absolute atomic E-state index is 0.0173. The normalized spacial score (nSPS) is 32.0. The SMILES string of the molecule is C=S1(=O)CCC/C=C/[C@@H](OCCO)[C@@H]2CC[C@H]2CN2C[C@@]3(CCCc4cc(Cl)ccc43)COc3ccc(cc32)C(=O)N1. The predicted molar refractivity (Wildman–Crippen MR) is 169 cm³/mol. The molecule has 9 heteroatoms. The zero-order valence-corrected chi connectivity index (χ0v) is 25.6. The molecule has 0 radical (unpaired) electrons. The average Bonchev–Trinajstić information content (AvgIpc) is 3.09. The number of carbonyl (C=O) groups is 1. The van der Waals surface area contributed by atoms with Crippen molar-refractivity contribution in [2.24, 2.45) is 11.8 Å². The van der Waals surface area contributed by atoms with E-state index in [1.807, 2.05) is 18.2 Å². The summed E-state index contributed by atoms with van der Waals surface area (Å²) < 4.78 is 28.6. The number of allylic oxidation sites excluding steroid dienone is 1. The number of aliphatic hydroxyl groups excluding tert-OH is 1. The Morgan fingerprint density at radius 3 is 2.90 bits per heavy atom. The molecule has 1 unspecified atom stereocenters. The summed E-state index contributed by atoms with van der Waals surface area (Å²) in [4.78, 5) is 15.7. The van der Waals surface area contributed by atoms with E-state index < -0.39 is 9.71 Å². The largest absolute Gasteiger partial charge is 0.490 e. The summed E-state index contributed by atoms with van der Waals surface area (Å²) in [6.07, 6.45) is 10.7. The highest BCUT2D eigenvalue weighted by Crippen LogP contribution is 2.47. The molecule has 4 aliphatic rings. The molecule has 7 nitrogen and oxygen atoms in total. The lowest BCUT2D eigenvalue weighted by molar-refractivity contribution is -0.0257. The summed E-state index contributed by atoms with van der Waals surface area (Å²) in [5.74, 6) is 5.23. The first-order chi connectivity index (χ1) is 20.3. The lowest BCUT2D eigenvalue weighted by Crippen LogP contribution is -2.49. The first kappa shape index (κ1) is 29.5. The second kappa shape index (κ2) is 12.2. The van der Waals surface area contributed by atoms with Gasteiger partial charge in [0.2, 0.25) is 0 Å². The lowest BCUT2D eigenvalue weighted by atomic mass is 9.68. The quantitative estimate of drug-likeness (QED) is 0.378. The van der Waals surface area contributed by atoms with Crippen LogP contribution in [-0.4, -0.2) is 65.9 Å². The van der Waals surface area contributed by atoms with Crippen molar-refractivity contribution in [3.05, 3.63) is 70.3 Å². The van der Waals surface area contributed by atoms with Crippen molar-refractivity contribution in [2.45, 2.75) is 56.5 Å². The summed E-state index contributed by atoms with van der Waals surface area (Å²) >= 11 is 6.41. The van der Waals surface area contributed by atoms with Gasteiger partial charge >= 0.3 is 0 Å². The molecule has 5 atom stereocenters. The number of nitrogens with zero attached hydrogens (tertiary/aromatic N) is 1. The van der Waals surface area contributed by atoms with Gasteiger partial charge in [-0.15, -0.1) is 0 Å². The minimum Gasteiger partial charge on any atom is -0.490 e. The van der Waals surface area contributed by atoms with E-state index in [0.717, 1.165) is 61.7 Å². The van der Waals surface area contributed by atoms with Crippen LogP contribution >= 0.6 is 11.6 Å². The van der Waals surface area contributed by atoms with E-state index >= 15 is 0 Å². The Kier molecular flexibility index (Phi) is 8.60. The van der Waals surface area contributed by atoms with E-state index in [1.54, 1.807) is 6.07 Å². The number of fused-ring (bicyclic) bond motifs is 4. The third-order valence-electron chi connectivity index (χ3n) is 9.50. The number of benzene rings is 2. The molecule has 2 aromatic rings. The fraction of sp³-hybridized carbons (Fsp3) is 0.515. The first-order valence-corrected chi connectivity index (χ1v) is 17.4. The fourth-order valence-corrected chi connectivity index (χ4v) is 8.63. The summed E-state index contributed by atoms with van der Waals surface area (Å²) in [6, 6.07) is 11.8. The summed E-state index contributed by atoms with van der Waals surface area (Å²) in [6.45, 7) is 2.38. The van der Waals surface area contributed by atoms with Gasteiger partial charge in [-0.05, 0) is 104 Å². The highest BCUT2D eigenvalue weighted by molar-refractivity contribution is 7.99. The molecule has 42 heavy (non-hydrogen) atoms. The number of nitrogens with one attached hydrogen (secondary N) is 1. The van der Waals surface area contributed by atoms with Crippen molar-refractivity contribution in [1.29, 1.82) is 0 Å². The van der Waals surface area contributed by atoms with Crippen LogP contribution in [-0.2, 0) is 26.3 Å². The second-order valence-corrected chi connectivity index (χ2v) is 15.0. The molecule has 0 aromatic heterocycles. The highest BCUT2D eigenvalue weighted by atomic mass is 35.5. The molecule has 2 aliphatic heterocycles. The smallest absolute Gasteiger partial charge is 0.262 e. The van der Waals surface area contributed by atoms with E-state index in [9.17, 15) is 14.1 Å². The number of carbonyl (C=O) groups excluding carboxylic acids is 1. The Balaban J connectivity index is 1.41. The van der Waals surface area contributed by atoms with Crippen LogP contribution in [0, 0.1) is 11.8 Å². The maximum absolute atomic E-state index is 13.3. The molecular weight excluding hydrogens is 572 g/mol. The lowest BCUT2D eigenvalue weighted by Gasteiger charge is -2.46. The summed E-state index contributed by atoms with van der Waals surface area (Å²) in [5.41, 5.74) is 3.70. The van der Waals surface area contributed by atoms with E-state index in [4.69, 9.17) is 21.1 Å². The van der Waals surface area contributed by atoms with E-state index in [1.165, 1.54) is 11.1 Å². The fourth-order valence-electron chi connectivity index (χ4n) is 7.25. The number of aliphatic hydroxyl groups is 1. The van der Waals surface area contributed by atoms with Crippen LogP contribution in [0.4, 0.5) is 5.69 Å². The molecule has 1 amide bonds. The van der Waals surface area contributed by atoms with Crippen molar-refractivity contribution in [2.75, 3.05) is 43.6 Å². The van der Waals surface area contributed by atoms with Gasteiger partial charge < -0.3 is 19.5 Å². The van der Waals surface area contributed by atoms with Crippen molar-refractivity contribution >= 4 is 38.8 Å². The molecule has 1 spiro atoms. The number of ether oxygens (including phenoxy) is 2. The molecule has 2 aromatic carbocycles. The van der Waals surface area contributed by atoms with Gasteiger partial charge in [-0.3, -0.25) is 9.52 Å². The molecule has 2 aliphatic carbocycles. The van der Waals surface area contributed by atoms with E-state index in [0.29, 0.717) is 49.2 Å². The number of aryl methyl sites for hydroxylation is 1. The topological polar surface area (TPSA) is 88.1 Å².